The van der Waals surface area contributed by atoms with Gasteiger partial charge in [-0.25, -0.2) is 24.5 Å². The summed E-state index contributed by atoms with van der Waals surface area (Å²) in [5, 5.41) is 14.3. The minimum absolute atomic E-state index is 0.0761. The van der Waals surface area contributed by atoms with E-state index in [1.165, 1.54) is 36.0 Å². The predicted octanol–water partition coefficient (Wildman–Crippen LogP) is 8.37. The van der Waals surface area contributed by atoms with E-state index in [2.05, 4.69) is 75.2 Å². The Labute approximate surface area is 401 Å². The monoisotopic (exact) mass is 948 g/mol. The normalized spacial score (nSPS) is 15.0. The molecule has 0 unspecified atom stereocenters. The smallest absolute Gasteiger partial charge is 0.407 e. The first-order chi connectivity index (χ1) is 33.6. The lowest BCUT2D eigenvalue weighted by molar-refractivity contribution is 0.0550. The van der Waals surface area contributed by atoms with Gasteiger partial charge in [-0.15, -0.1) is 0 Å². The summed E-state index contributed by atoms with van der Waals surface area (Å²) < 4.78 is 27.4. The van der Waals surface area contributed by atoms with Gasteiger partial charge in [-0.2, -0.15) is 0 Å². The van der Waals surface area contributed by atoms with Gasteiger partial charge in [-0.05, 0) is 73.4 Å². The minimum atomic E-state index is -1.35. The van der Waals surface area contributed by atoms with Crippen LogP contribution in [0.2, 0.25) is 0 Å². The third-order valence-electron chi connectivity index (χ3n) is 12.6. The molecule has 0 fully saturated rings. The van der Waals surface area contributed by atoms with Gasteiger partial charge in [0, 0.05) is 43.3 Å². The number of imidazole rings is 3. The van der Waals surface area contributed by atoms with Crippen LogP contribution < -0.4 is 15.4 Å². The Kier molecular flexibility index (Phi) is 12.5. The van der Waals surface area contributed by atoms with Crippen molar-refractivity contribution in [2.45, 2.75) is 70.6 Å². The molecule has 3 aromatic carbocycles. The number of benzene rings is 3. The van der Waals surface area contributed by atoms with E-state index in [9.17, 15) is 24.3 Å². The van der Waals surface area contributed by atoms with Gasteiger partial charge in [0.05, 0.1) is 71.1 Å². The molecule has 9 rings (SSSR count). The largest absolute Gasteiger partial charge is 0.465 e. The van der Waals surface area contributed by atoms with Gasteiger partial charge in [0.25, 0.3) is 11.8 Å². The lowest BCUT2D eigenvalue weighted by atomic mass is 9.86. The summed E-state index contributed by atoms with van der Waals surface area (Å²) in [5.74, 6) is 1.15. The summed E-state index contributed by atoms with van der Waals surface area (Å²) in [4.78, 5) is 72.5. The van der Waals surface area contributed by atoms with Gasteiger partial charge in [-0.3, -0.25) is 23.3 Å². The molecule has 8 aromatic rings. The van der Waals surface area contributed by atoms with E-state index in [1.54, 1.807) is 56.7 Å². The van der Waals surface area contributed by atoms with Crippen LogP contribution in [0.25, 0.3) is 68.0 Å². The van der Waals surface area contributed by atoms with Crippen LogP contribution in [0.4, 0.5) is 9.59 Å². The molecule has 0 radical (unpaired) electrons. The number of nitrogens with one attached hydrogen (secondary N) is 4. The molecule has 1 aliphatic rings. The second-order valence-electron chi connectivity index (χ2n) is 18.0. The number of carboxylic acid groups (broad SMARTS) is 1. The second kappa shape index (κ2) is 18.7. The summed E-state index contributed by atoms with van der Waals surface area (Å²) in [6.07, 6.45) is 2.51. The number of H-pyrrole nitrogens is 2. The first-order valence-electron chi connectivity index (χ1n) is 22.5. The number of alkyl carbamates (subject to hydrolysis) is 1. The van der Waals surface area contributed by atoms with Crippen LogP contribution in [0.1, 0.15) is 61.6 Å². The fraction of sp³-hybridized carbons (Fsp3) is 0.275. The maximum absolute atomic E-state index is 13.9. The first-order valence-corrected chi connectivity index (χ1v) is 22.5. The number of carbonyl (C=O) groups excluding carboxylic acids is 3. The number of hydrogen-bond donors (Lipinski definition) is 5. The zero-order valence-electron chi connectivity index (χ0n) is 39.7. The molecule has 0 saturated carbocycles. The zero-order chi connectivity index (χ0) is 49.6. The van der Waals surface area contributed by atoms with Gasteiger partial charge in [0.15, 0.2) is 11.6 Å². The second-order valence-corrected chi connectivity index (χ2v) is 18.0. The van der Waals surface area contributed by atoms with Crippen LogP contribution in [0.15, 0.2) is 110 Å². The maximum Gasteiger partial charge on any atom is 0.407 e. The van der Waals surface area contributed by atoms with Crippen LogP contribution >= 0.6 is 0 Å². The number of fused-ring (bicyclic) bond motifs is 4. The van der Waals surface area contributed by atoms with Crippen LogP contribution in [-0.2, 0) is 19.6 Å². The quantitative estimate of drug-likeness (QED) is 0.0733. The Morgan fingerprint density at radius 3 is 2.01 bits per heavy atom. The third kappa shape index (κ3) is 8.71. The zero-order valence-corrected chi connectivity index (χ0v) is 39.7. The molecule has 5 aromatic heterocycles. The Morgan fingerprint density at radius 1 is 0.743 bits per heavy atom. The number of nitrogens with zero attached hydrogens (tertiary/aromatic N) is 6. The van der Waals surface area contributed by atoms with Gasteiger partial charge in [-0.1, -0.05) is 57.2 Å². The summed E-state index contributed by atoms with van der Waals surface area (Å²) in [7, 11) is 4.09. The van der Waals surface area contributed by atoms with Crippen LogP contribution in [0.5, 0.6) is 5.75 Å². The molecule has 19 heteroatoms. The van der Waals surface area contributed by atoms with E-state index >= 15 is 0 Å². The van der Waals surface area contributed by atoms with E-state index < -0.39 is 54.5 Å². The summed E-state index contributed by atoms with van der Waals surface area (Å²) in [6, 6.07) is 24.8. The van der Waals surface area contributed by atoms with Crippen LogP contribution in [0.3, 0.4) is 0 Å². The topological polar surface area (TPSA) is 235 Å². The molecule has 2 amide bonds. The SMILES string of the molecule is COC(=O)N[C@H](C(=O)n1cccc1-c1nc2ccc(-c3cnc4n3[C@H](c3ccc(C(C)(C)C)cc3)Oc3cc(-c5cnc(-c6cccn6C(=O)[C@@H](NC(=O)O)[C@@H](C)OC)[nH]5)ccc3-4)cc2[nH]1)[C@@H](C)OC. The first kappa shape index (κ1) is 46.8. The summed E-state index contributed by atoms with van der Waals surface area (Å²) in [6.45, 7) is 9.80. The van der Waals surface area contributed by atoms with Crippen molar-refractivity contribution in [3.05, 3.63) is 121 Å². The minimum Gasteiger partial charge on any atom is -0.465 e. The van der Waals surface area contributed by atoms with Gasteiger partial charge in [0.1, 0.15) is 23.7 Å². The fourth-order valence-electron chi connectivity index (χ4n) is 8.59. The van der Waals surface area contributed by atoms with Crippen molar-refractivity contribution >= 4 is 35.0 Å². The third-order valence-corrected chi connectivity index (χ3v) is 12.6. The summed E-state index contributed by atoms with van der Waals surface area (Å²) in [5.41, 5.74) is 8.08. The van der Waals surface area contributed by atoms with E-state index in [0.29, 0.717) is 51.3 Å². The van der Waals surface area contributed by atoms with E-state index in [-0.39, 0.29) is 5.41 Å². The van der Waals surface area contributed by atoms with Crippen molar-refractivity contribution in [2.75, 3.05) is 21.3 Å². The molecule has 6 heterocycles. The number of hydrogen-bond acceptors (Lipinski definition) is 11. The predicted molar refractivity (Wildman–Crippen MR) is 260 cm³/mol. The molecule has 0 spiro atoms. The molecule has 360 valence electrons. The van der Waals surface area contributed by atoms with Crippen molar-refractivity contribution in [2.24, 2.45) is 0 Å². The summed E-state index contributed by atoms with van der Waals surface area (Å²) >= 11 is 0. The highest BCUT2D eigenvalue weighted by Gasteiger charge is 2.34. The average Bonchev–Trinajstić information content (AvgIpc) is 4.22. The molecule has 70 heavy (non-hydrogen) atoms. The fourth-order valence-corrected chi connectivity index (χ4v) is 8.59. The van der Waals surface area contributed by atoms with Crippen molar-refractivity contribution in [1.82, 2.24) is 49.3 Å². The van der Waals surface area contributed by atoms with E-state index in [1.807, 2.05) is 42.6 Å². The Morgan fingerprint density at radius 2 is 1.39 bits per heavy atom. The number of rotatable bonds is 13. The molecule has 0 saturated heterocycles. The molecule has 0 aliphatic carbocycles. The number of methoxy groups -OCH3 is 3. The lowest BCUT2D eigenvalue weighted by Gasteiger charge is -2.31. The maximum atomic E-state index is 13.9. The van der Waals surface area contributed by atoms with E-state index in [4.69, 9.17) is 28.9 Å². The van der Waals surface area contributed by atoms with Gasteiger partial charge < -0.3 is 44.7 Å². The van der Waals surface area contributed by atoms with Gasteiger partial charge >= 0.3 is 12.2 Å². The Balaban J connectivity index is 1.07. The number of amides is 2. The number of ether oxygens (including phenoxy) is 4. The van der Waals surface area contributed by atoms with Crippen molar-refractivity contribution in [3.8, 4) is 62.7 Å². The molecular formula is C51H52N10O9. The average molecular weight is 949 g/mol. The molecule has 5 atom stereocenters. The van der Waals surface area contributed by atoms with Gasteiger partial charge in [0.2, 0.25) is 6.23 Å². The van der Waals surface area contributed by atoms with E-state index in [0.717, 1.165) is 27.9 Å². The highest BCUT2D eigenvalue weighted by molar-refractivity contribution is 5.93. The molecule has 1 aliphatic heterocycles. The van der Waals surface area contributed by atoms with Crippen molar-refractivity contribution in [1.29, 1.82) is 0 Å². The number of aromatic amines is 2. The highest BCUT2D eigenvalue weighted by atomic mass is 16.5. The van der Waals surface area contributed by atoms with Crippen LogP contribution in [0, 0.1) is 0 Å². The van der Waals surface area contributed by atoms with Crippen LogP contribution in [-0.4, -0.2) is 113 Å². The molecular weight excluding hydrogens is 897 g/mol. The molecule has 5 N–H and O–H groups in total. The van der Waals surface area contributed by atoms with Crippen molar-refractivity contribution in [3.63, 3.8) is 0 Å². The molecule has 0 bridgehead atoms. The lowest BCUT2D eigenvalue weighted by Crippen LogP contribution is -2.50. The Bertz CT molecular complexity index is 3260. The molecule has 19 nitrogen and oxygen atoms in total. The number of aromatic nitrogens is 8. The van der Waals surface area contributed by atoms with Crippen molar-refractivity contribution < 1.29 is 43.2 Å². The Hall–Kier alpha value is -8.29. The highest BCUT2D eigenvalue weighted by Crippen LogP contribution is 2.45. The standard InChI is InChI=1S/C51H52N10O9/c1-27(67-6)41(57-49(64)65)46(62)59-21-9-11-37(59)43-52-25-36(56-43)30-15-19-33-40(24-30)70-48(29-13-17-32(18-14-29)51(3,4)5)61-39(26-53-45(33)61)31-16-20-34-35(23-31)55-44(54-34)38-12-10-22-60(38)47(63)42(28(2)68-7)58-50(66)69-8/h9-28,41-42,48,57H,1-8H3,(H,52,56)(H,54,55)(H,58,66)(H,64,65)/t27-,28-,41+,42+,48+/m1/s1. The number of carbonyl (C=O) groups is 4.